The maximum Gasteiger partial charge on any atom is 0.244 e. The quantitative estimate of drug-likeness (QED) is 0.779. The summed E-state index contributed by atoms with van der Waals surface area (Å²) in [5.74, 6) is 2.00. The molecule has 1 atom stereocenters. The summed E-state index contributed by atoms with van der Waals surface area (Å²) in [6, 6.07) is 0. The summed E-state index contributed by atoms with van der Waals surface area (Å²) in [7, 11) is 0. The molecule has 1 amide bonds. The van der Waals surface area contributed by atoms with E-state index >= 15 is 0 Å². The van der Waals surface area contributed by atoms with Crippen LogP contribution in [0.1, 0.15) is 46.0 Å². The molecular formula is C14H26N2OS. The SMILES string of the molecule is CSCCCN1C(=O)C2(CCCC2)NC1C(C)C. The number of hydrogen-bond acceptors (Lipinski definition) is 3. The number of nitrogens with zero attached hydrogens (tertiary/aromatic N) is 1. The Kier molecular flexibility index (Phi) is 4.59. The van der Waals surface area contributed by atoms with Crippen LogP contribution in [-0.4, -0.2) is 41.1 Å². The normalized spacial score (nSPS) is 26.8. The Balaban J connectivity index is 2.07. The first kappa shape index (κ1) is 14.2. The molecule has 1 heterocycles. The van der Waals surface area contributed by atoms with E-state index in [2.05, 4.69) is 30.3 Å². The third-order valence-electron chi connectivity index (χ3n) is 4.27. The van der Waals surface area contributed by atoms with Crippen LogP contribution >= 0.6 is 11.8 Å². The lowest BCUT2D eigenvalue weighted by Crippen LogP contribution is -2.45. The lowest BCUT2D eigenvalue weighted by Gasteiger charge is -2.27. The molecule has 0 aromatic rings. The van der Waals surface area contributed by atoms with Gasteiger partial charge in [-0.3, -0.25) is 10.1 Å². The van der Waals surface area contributed by atoms with Gasteiger partial charge < -0.3 is 4.90 Å². The second kappa shape index (κ2) is 5.83. The zero-order valence-corrected chi connectivity index (χ0v) is 12.7. The number of nitrogens with one attached hydrogen (secondary N) is 1. The Bertz CT molecular complexity index is 300. The van der Waals surface area contributed by atoms with Crippen LogP contribution in [0.4, 0.5) is 0 Å². The minimum Gasteiger partial charge on any atom is -0.325 e. The van der Waals surface area contributed by atoms with Gasteiger partial charge in [0.05, 0.1) is 11.7 Å². The van der Waals surface area contributed by atoms with E-state index in [9.17, 15) is 4.79 Å². The molecular weight excluding hydrogens is 244 g/mol. The van der Waals surface area contributed by atoms with E-state index in [0.29, 0.717) is 11.8 Å². The summed E-state index contributed by atoms with van der Waals surface area (Å²) in [6.07, 6.45) is 7.94. The average Bonchev–Trinajstić information content (AvgIpc) is 2.90. The maximum atomic E-state index is 12.7. The Morgan fingerprint density at radius 2 is 2.11 bits per heavy atom. The second-order valence-corrected chi connectivity index (χ2v) is 6.95. The zero-order chi connectivity index (χ0) is 13.2. The fraction of sp³-hybridized carbons (Fsp3) is 0.929. The molecule has 3 nitrogen and oxygen atoms in total. The topological polar surface area (TPSA) is 32.3 Å². The molecule has 1 aliphatic heterocycles. The van der Waals surface area contributed by atoms with E-state index < -0.39 is 0 Å². The fourth-order valence-electron chi connectivity index (χ4n) is 3.31. The molecule has 2 fully saturated rings. The molecule has 0 aromatic heterocycles. The van der Waals surface area contributed by atoms with Crippen LogP contribution in [0.3, 0.4) is 0 Å². The molecule has 0 radical (unpaired) electrons. The summed E-state index contributed by atoms with van der Waals surface area (Å²) in [5.41, 5.74) is -0.200. The Hall–Kier alpha value is -0.220. The van der Waals surface area contributed by atoms with Crippen LogP contribution in [0.25, 0.3) is 0 Å². The van der Waals surface area contributed by atoms with Crippen molar-refractivity contribution in [1.29, 1.82) is 0 Å². The molecule has 2 aliphatic rings. The predicted octanol–water partition coefficient (Wildman–Crippen LogP) is 2.47. The minimum absolute atomic E-state index is 0.200. The van der Waals surface area contributed by atoms with Crippen molar-refractivity contribution in [2.45, 2.75) is 57.7 Å². The summed E-state index contributed by atoms with van der Waals surface area (Å²) in [5, 5.41) is 3.66. The van der Waals surface area contributed by atoms with Crippen molar-refractivity contribution in [1.82, 2.24) is 10.2 Å². The highest BCUT2D eigenvalue weighted by atomic mass is 32.2. The summed E-state index contributed by atoms with van der Waals surface area (Å²) < 4.78 is 0. The molecule has 1 aliphatic carbocycles. The molecule has 1 spiro atoms. The third-order valence-corrected chi connectivity index (χ3v) is 4.96. The lowest BCUT2D eigenvalue weighted by atomic mass is 9.98. The number of hydrogen-bond donors (Lipinski definition) is 1. The summed E-state index contributed by atoms with van der Waals surface area (Å²) in [4.78, 5) is 14.8. The van der Waals surface area contributed by atoms with E-state index in [1.165, 1.54) is 12.8 Å². The van der Waals surface area contributed by atoms with E-state index in [1.807, 2.05) is 11.8 Å². The van der Waals surface area contributed by atoms with Crippen molar-refractivity contribution in [3.63, 3.8) is 0 Å². The van der Waals surface area contributed by atoms with Gasteiger partial charge in [0.15, 0.2) is 0 Å². The first-order valence-corrected chi connectivity index (χ1v) is 8.58. The highest BCUT2D eigenvalue weighted by molar-refractivity contribution is 7.98. The average molecular weight is 270 g/mol. The number of carbonyl (C=O) groups is 1. The van der Waals surface area contributed by atoms with Gasteiger partial charge in [-0.2, -0.15) is 11.8 Å². The van der Waals surface area contributed by atoms with E-state index in [4.69, 9.17) is 0 Å². The molecule has 0 aromatic carbocycles. The van der Waals surface area contributed by atoms with E-state index in [1.54, 1.807) is 0 Å². The van der Waals surface area contributed by atoms with Crippen molar-refractivity contribution in [3.05, 3.63) is 0 Å². The van der Waals surface area contributed by atoms with Crippen LogP contribution in [0.2, 0.25) is 0 Å². The standard InChI is InChI=1S/C14H26N2OS/c1-11(2)12-15-14(7-4-5-8-14)13(17)16(12)9-6-10-18-3/h11-12,15H,4-10H2,1-3H3. The number of rotatable bonds is 5. The number of amides is 1. The largest absolute Gasteiger partial charge is 0.325 e. The van der Waals surface area contributed by atoms with Crippen molar-refractivity contribution in [2.75, 3.05) is 18.6 Å². The highest BCUT2D eigenvalue weighted by Gasteiger charge is 2.52. The zero-order valence-electron chi connectivity index (χ0n) is 11.9. The molecule has 104 valence electrons. The molecule has 18 heavy (non-hydrogen) atoms. The van der Waals surface area contributed by atoms with Crippen LogP contribution in [0.15, 0.2) is 0 Å². The van der Waals surface area contributed by atoms with Crippen LogP contribution in [0, 0.1) is 5.92 Å². The van der Waals surface area contributed by atoms with Gasteiger partial charge in [-0.25, -0.2) is 0 Å². The van der Waals surface area contributed by atoms with Gasteiger partial charge in [0, 0.05) is 6.54 Å². The van der Waals surface area contributed by atoms with Gasteiger partial charge in [-0.15, -0.1) is 0 Å². The maximum absolute atomic E-state index is 12.7. The lowest BCUT2D eigenvalue weighted by molar-refractivity contribution is -0.133. The van der Waals surface area contributed by atoms with Gasteiger partial charge in [0.2, 0.25) is 5.91 Å². The number of thioether (sulfide) groups is 1. The molecule has 2 rings (SSSR count). The Morgan fingerprint density at radius 1 is 1.44 bits per heavy atom. The van der Waals surface area contributed by atoms with Gasteiger partial charge in [-0.1, -0.05) is 26.7 Å². The van der Waals surface area contributed by atoms with Crippen LogP contribution in [0.5, 0.6) is 0 Å². The fourth-order valence-corrected chi connectivity index (χ4v) is 3.72. The van der Waals surface area contributed by atoms with Crippen LogP contribution in [-0.2, 0) is 4.79 Å². The van der Waals surface area contributed by atoms with Gasteiger partial charge in [-0.05, 0) is 37.2 Å². The summed E-state index contributed by atoms with van der Waals surface area (Å²) >= 11 is 1.86. The smallest absolute Gasteiger partial charge is 0.244 e. The van der Waals surface area contributed by atoms with E-state index in [0.717, 1.165) is 31.6 Å². The minimum atomic E-state index is -0.200. The van der Waals surface area contributed by atoms with Gasteiger partial charge in [0.25, 0.3) is 0 Å². The highest BCUT2D eigenvalue weighted by Crippen LogP contribution is 2.37. The van der Waals surface area contributed by atoms with E-state index in [-0.39, 0.29) is 11.7 Å². The molecule has 1 saturated carbocycles. The molecule has 1 saturated heterocycles. The van der Waals surface area contributed by atoms with Crippen LogP contribution < -0.4 is 5.32 Å². The Morgan fingerprint density at radius 3 is 2.67 bits per heavy atom. The molecule has 4 heteroatoms. The molecule has 1 N–H and O–H groups in total. The first-order valence-electron chi connectivity index (χ1n) is 7.18. The summed E-state index contributed by atoms with van der Waals surface area (Å²) in [6.45, 7) is 5.33. The van der Waals surface area contributed by atoms with Gasteiger partial charge in [0.1, 0.15) is 0 Å². The third kappa shape index (κ3) is 2.55. The van der Waals surface area contributed by atoms with Crippen molar-refractivity contribution >= 4 is 17.7 Å². The van der Waals surface area contributed by atoms with Crippen molar-refractivity contribution in [3.8, 4) is 0 Å². The second-order valence-electron chi connectivity index (χ2n) is 5.97. The number of carbonyl (C=O) groups excluding carboxylic acids is 1. The van der Waals surface area contributed by atoms with Crippen molar-refractivity contribution in [2.24, 2.45) is 5.92 Å². The Labute approximate surface area is 115 Å². The van der Waals surface area contributed by atoms with Gasteiger partial charge >= 0.3 is 0 Å². The predicted molar refractivity (Wildman–Crippen MR) is 77.7 cm³/mol. The molecule has 1 unspecified atom stereocenters. The van der Waals surface area contributed by atoms with Crippen molar-refractivity contribution < 1.29 is 4.79 Å². The first-order chi connectivity index (χ1) is 8.60. The molecule has 0 bridgehead atoms. The monoisotopic (exact) mass is 270 g/mol.